The molecule has 0 aliphatic carbocycles. The molecule has 3 heteroatoms. The molecule has 0 heterocycles. The van der Waals surface area contributed by atoms with Crippen molar-refractivity contribution in [1.82, 2.24) is 4.90 Å². The lowest BCUT2D eigenvalue weighted by atomic mass is 10.5. The van der Waals surface area contributed by atoms with Crippen molar-refractivity contribution in [1.29, 1.82) is 0 Å². The second kappa shape index (κ2) is 3.32. The standard InChI is InChI=1S/C5H13N3/c1-5(7)8(2)4-3-6/h3-5H,6-7H2,1-2H3/p+1. The first-order valence-electron chi connectivity index (χ1n) is 2.62. The fourth-order valence-corrected chi connectivity index (χ4v) is 0.283. The minimum atomic E-state index is 0.287. The van der Waals surface area contributed by atoms with Crippen molar-refractivity contribution in [3.63, 3.8) is 0 Å². The van der Waals surface area contributed by atoms with Gasteiger partial charge in [-0.05, 0) is 0 Å². The molecule has 0 spiro atoms. The van der Waals surface area contributed by atoms with Crippen LogP contribution in [0.4, 0.5) is 0 Å². The molecule has 48 valence electrons. The molecule has 0 rings (SSSR count). The fourth-order valence-electron chi connectivity index (χ4n) is 0.283. The molecule has 0 saturated heterocycles. The van der Waals surface area contributed by atoms with Crippen LogP contribution in [0.25, 0.3) is 0 Å². The first kappa shape index (κ1) is 7.30. The number of hydrogen-bond acceptors (Lipinski definition) is 2. The van der Waals surface area contributed by atoms with Crippen molar-refractivity contribution >= 4 is 0 Å². The van der Waals surface area contributed by atoms with E-state index in [1.165, 1.54) is 6.20 Å². The molecule has 0 saturated carbocycles. The number of nitrogens with zero attached hydrogens (tertiary/aromatic N) is 1. The zero-order valence-electron chi connectivity index (χ0n) is 5.46. The summed E-state index contributed by atoms with van der Waals surface area (Å²) in [6.45, 7) is 2.00. The van der Waals surface area contributed by atoms with E-state index >= 15 is 0 Å². The monoisotopic (exact) mass is 116 g/mol. The number of quaternary nitrogens is 1. The molecule has 0 amide bonds. The van der Waals surface area contributed by atoms with E-state index in [4.69, 9.17) is 5.73 Å². The Hall–Kier alpha value is -0.700. The van der Waals surface area contributed by atoms with Crippen molar-refractivity contribution < 1.29 is 5.73 Å². The minimum absolute atomic E-state index is 0.287. The van der Waals surface area contributed by atoms with E-state index in [9.17, 15) is 0 Å². The number of hydrogen-bond donors (Lipinski definition) is 2. The Morgan fingerprint density at radius 3 is 2.38 bits per heavy atom. The van der Waals surface area contributed by atoms with Crippen LogP contribution in [-0.2, 0) is 0 Å². The van der Waals surface area contributed by atoms with Crippen molar-refractivity contribution in [3.05, 3.63) is 12.4 Å². The van der Waals surface area contributed by atoms with Crippen LogP contribution >= 0.6 is 0 Å². The Kier molecular flexibility index (Phi) is 3.03. The van der Waals surface area contributed by atoms with Crippen LogP contribution in [0.5, 0.6) is 0 Å². The van der Waals surface area contributed by atoms with Crippen molar-refractivity contribution in [3.8, 4) is 0 Å². The molecule has 8 heavy (non-hydrogen) atoms. The smallest absolute Gasteiger partial charge is 0.156 e. The Morgan fingerprint density at radius 1 is 1.75 bits per heavy atom. The third-order valence-corrected chi connectivity index (χ3v) is 1.02. The highest BCUT2D eigenvalue weighted by atomic mass is 15.2. The largest absolute Gasteiger partial charge is 0.403 e. The van der Waals surface area contributed by atoms with Gasteiger partial charge < -0.3 is 16.4 Å². The highest BCUT2D eigenvalue weighted by Crippen LogP contribution is 1.82. The summed E-state index contributed by atoms with van der Waals surface area (Å²) in [6.07, 6.45) is 3.58. The van der Waals surface area contributed by atoms with E-state index in [-0.39, 0.29) is 6.17 Å². The minimum Gasteiger partial charge on any atom is -0.403 e. The molecule has 5 N–H and O–H groups in total. The molecule has 0 aromatic carbocycles. The van der Waals surface area contributed by atoms with E-state index in [2.05, 4.69) is 5.73 Å². The van der Waals surface area contributed by atoms with Gasteiger partial charge in [0.2, 0.25) is 0 Å². The quantitative estimate of drug-likeness (QED) is 0.452. The summed E-state index contributed by atoms with van der Waals surface area (Å²) < 4.78 is 0. The molecule has 0 aliphatic rings. The molecule has 0 aliphatic heterocycles. The lowest BCUT2D eigenvalue weighted by molar-refractivity contribution is -0.444. The van der Waals surface area contributed by atoms with Gasteiger partial charge in [0, 0.05) is 26.4 Å². The maximum atomic E-state index is 5.12. The predicted molar refractivity (Wildman–Crippen MR) is 33.4 cm³/mol. The lowest BCUT2D eigenvalue weighted by Gasteiger charge is -2.13. The Morgan fingerprint density at radius 2 is 2.25 bits per heavy atom. The van der Waals surface area contributed by atoms with Crippen LogP contribution in [-0.4, -0.2) is 18.1 Å². The molecule has 0 fully saturated rings. The summed E-state index contributed by atoms with van der Waals surface area (Å²) in [5.74, 6) is 0. The Labute approximate surface area is 49.9 Å². The summed E-state index contributed by atoms with van der Waals surface area (Å²) in [4.78, 5) is 1.93. The molecule has 0 bridgehead atoms. The summed E-state index contributed by atoms with van der Waals surface area (Å²) >= 11 is 0. The van der Waals surface area contributed by atoms with E-state index in [1.807, 2.05) is 18.9 Å². The first-order chi connectivity index (χ1) is 3.68. The van der Waals surface area contributed by atoms with Crippen LogP contribution in [0.2, 0.25) is 0 Å². The second-order valence-electron chi connectivity index (χ2n) is 1.86. The molecule has 3 nitrogen and oxygen atoms in total. The highest BCUT2D eigenvalue weighted by molar-refractivity contribution is 4.74. The molecule has 0 aromatic heterocycles. The molecular formula is C5H14N3+. The van der Waals surface area contributed by atoms with Gasteiger partial charge in [0.1, 0.15) is 0 Å². The van der Waals surface area contributed by atoms with E-state index in [0.717, 1.165) is 0 Å². The third kappa shape index (κ3) is 2.47. The van der Waals surface area contributed by atoms with Crippen LogP contribution < -0.4 is 11.5 Å². The highest BCUT2D eigenvalue weighted by Gasteiger charge is 1.97. The first-order valence-corrected chi connectivity index (χ1v) is 2.62. The van der Waals surface area contributed by atoms with Crippen molar-refractivity contribution in [2.75, 3.05) is 7.05 Å². The van der Waals surface area contributed by atoms with Gasteiger partial charge in [0.15, 0.2) is 6.17 Å². The van der Waals surface area contributed by atoms with Gasteiger partial charge in [0.25, 0.3) is 0 Å². The maximum Gasteiger partial charge on any atom is 0.156 e. The predicted octanol–water partition coefficient (Wildman–Crippen LogP) is -1.06. The van der Waals surface area contributed by atoms with Gasteiger partial charge in [-0.3, -0.25) is 0 Å². The molecular weight excluding hydrogens is 102 g/mol. The maximum absolute atomic E-state index is 5.12. The van der Waals surface area contributed by atoms with Gasteiger partial charge >= 0.3 is 0 Å². The van der Waals surface area contributed by atoms with Crippen LogP contribution in [0, 0.1) is 0 Å². The summed E-state index contributed by atoms with van der Waals surface area (Å²) in [7, 11) is 1.93. The second-order valence-corrected chi connectivity index (χ2v) is 1.86. The average Bonchev–Trinajstić information content (AvgIpc) is 1.67. The van der Waals surface area contributed by atoms with Crippen molar-refractivity contribution in [2.45, 2.75) is 13.1 Å². The Balaban J connectivity index is 3.47. The average molecular weight is 116 g/mol. The lowest BCUT2D eigenvalue weighted by Crippen LogP contribution is -2.65. The topological polar surface area (TPSA) is 56.9 Å². The molecule has 1 unspecified atom stereocenters. The molecule has 0 radical (unpaired) electrons. The molecule has 0 aromatic rings. The molecule has 1 atom stereocenters. The van der Waals surface area contributed by atoms with Gasteiger partial charge in [-0.15, -0.1) is 0 Å². The van der Waals surface area contributed by atoms with Crippen LogP contribution in [0.15, 0.2) is 12.4 Å². The zero-order valence-corrected chi connectivity index (χ0v) is 5.46. The number of nitrogens with two attached hydrogens (primary N) is 1. The van der Waals surface area contributed by atoms with E-state index in [0.29, 0.717) is 0 Å². The fraction of sp³-hybridized carbons (Fsp3) is 0.600. The SMILES string of the molecule is CC([NH3+])N(C)C=CN. The summed E-state index contributed by atoms with van der Waals surface area (Å²) in [6, 6.07) is 0. The normalized spacial score (nSPS) is 14.4. The Bertz CT molecular complexity index is 77.7. The van der Waals surface area contributed by atoms with Gasteiger partial charge in [0.05, 0.1) is 0 Å². The zero-order chi connectivity index (χ0) is 6.57. The summed E-state index contributed by atoms with van der Waals surface area (Å²) in [5.41, 5.74) is 8.89. The van der Waals surface area contributed by atoms with E-state index < -0.39 is 0 Å². The van der Waals surface area contributed by atoms with Gasteiger partial charge in [-0.2, -0.15) is 0 Å². The number of rotatable bonds is 2. The van der Waals surface area contributed by atoms with Crippen LogP contribution in [0.3, 0.4) is 0 Å². The van der Waals surface area contributed by atoms with Gasteiger partial charge in [-0.25, -0.2) is 0 Å². The van der Waals surface area contributed by atoms with E-state index in [1.54, 1.807) is 6.20 Å². The summed E-state index contributed by atoms with van der Waals surface area (Å²) in [5, 5.41) is 0. The third-order valence-electron chi connectivity index (χ3n) is 1.02. The van der Waals surface area contributed by atoms with Gasteiger partial charge in [-0.1, -0.05) is 0 Å². The van der Waals surface area contributed by atoms with Crippen molar-refractivity contribution in [2.24, 2.45) is 5.73 Å². The van der Waals surface area contributed by atoms with Crippen LogP contribution in [0.1, 0.15) is 6.92 Å².